The highest BCUT2D eigenvalue weighted by Crippen LogP contribution is 2.26. The lowest BCUT2D eigenvalue weighted by Crippen LogP contribution is -2.50. The number of nitrogens with one attached hydrogen (secondary N) is 1. The number of hydrogen-bond acceptors (Lipinski definition) is 4. The maximum absolute atomic E-state index is 13.7. The number of carbonyl (C=O) groups excluding carboxylic acids is 2. The zero-order chi connectivity index (χ0) is 25.9. The Balaban J connectivity index is 1.29. The number of aromatic nitrogens is 1. The zero-order valence-electron chi connectivity index (χ0n) is 21.6. The molecule has 4 aromatic rings. The van der Waals surface area contributed by atoms with Crippen molar-refractivity contribution in [2.75, 3.05) is 38.0 Å². The van der Waals surface area contributed by atoms with Crippen molar-refractivity contribution in [1.82, 2.24) is 14.8 Å². The van der Waals surface area contributed by atoms with Crippen LogP contribution in [0.2, 0.25) is 0 Å². The molecule has 2 heterocycles. The SMILES string of the molecule is Cc1ccc(-c2cc(C(=O)N3CCN(CC(=O)Nc4c(C)cccc4C)CC3)c3ccccc3n2)cc1. The number of para-hydroxylation sites is 2. The summed E-state index contributed by atoms with van der Waals surface area (Å²) in [5.41, 5.74) is 7.44. The van der Waals surface area contributed by atoms with E-state index in [4.69, 9.17) is 4.98 Å². The number of hydrogen-bond donors (Lipinski definition) is 1. The van der Waals surface area contributed by atoms with Gasteiger partial charge in [0.15, 0.2) is 0 Å². The van der Waals surface area contributed by atoms with E-state index in [1.54, 1.807) is 0 Å². The fourth-order valence-electron chi connectivity index (χ4n) is 4.90. The number of amides is 2. The molecule has 1 aliphatic heterocycles. The molecule has 0 spiro atoms. The molecule has 37 heavy (non-hydrogen) atoms. The molecule has 3 aromatic carbocycles. The highest BCUT2D eigenvalue weighted by atomic mass is 16.2. The van der Waals surface area contributed by atoms with Crippen molar-refractivity contribution in [2.24, 2.45) is 0 Å². The Bertz CT molecular complexity index is 1430. The Morgan fingerprint density at radius 2 is 1.51 bits per heavy atom. The molecular formula is C31H32N4O2. The molecule has 0 bridgehead atoms. The van der Waals surface area contributed by atoms with Gasteiger partial charge in [-0.1, -0.05) is 66.2 Å². The van der Waals surface area contributed by atoms with Gasteiger partial charge in [0, 0.05) is 42.8 Å². The van der Waals surface area contributed by atoms with Crippen LogP contribution in [0.25, 0.3) is 22.2 Å². The summed E-state index contributed by atoms with van der Waals surface area (Å²) in [7, 11) is 0. The smallest absolute Gasteiger partial charge is 0.254 e. The van der Waals surface area contributed by atoms with Gasteiger partial charge in [0.1, 0.15) is 0 Å². The van der Waals surface area contributed by atoms with Crippen LogP contribution in [0, 0.1) is 20.8 Å². The lowest BCUT2D eigenvalue weighted by atomic mass is 10.0. The Morgan fingerprint density at radius 1 is 0.838 bits per heavy atom. The standard InChI is InChI=1S/C31H32N4O2/c1-21-11-13-24(14-12-21)28-19-26(25-9-4-5-10-27(25)32-28)31(37)35-17-15-34(16-18-35)20-29(36)33-30-22(2)7-6-8-23(30)3/h4-14,19H,15-18,20H2,1-3H3,(H,33,36). The summed E-state index contributed by atoms with van der Waals surface area (Å²) in [5, 5.41) is 3.92. The molecule has 1 fully saturated rings. The molecule has 2 amide bonds. The minimum Gasteiger partial charge on any atom is -0.336 e. The van der Waals surface area contributed by atoms with E-state index in [0.717, 1.165) is 39.0 Å². The van der Waals surface area contributed by atoms with Crippen LogP contribution >= 0.6 is 0 Å². The van der Waals surface area contributed by atoms with Gasteiger partial charge in [0.25, 0.3) is 5.91 Å². The fraction of sp³-hybridized carbons (Fsp3) is 0.258. The number of aryl methyl sites for hydroxylation is 3. The van der Waals surface area contributed by atoms with Gasteiger partial charge in [-0.2, -0.15) is 0 Å². The second-order valence-corrected chi connectivity index (χ2v) is 9.82. The Kier molecular flexibility index (Phi) is 7.01. The average Bonchev–Trinajstić information content (AvgIpc) is 2.91. The predicted octanol–water partition coefficient (Wildman–Crippen LogP) is 5.22. The van der Waals surface area contributed by atoms with Crippen molar-refractivity contribution in [3.63, 3.8) is 0 Å². The number of nitrogens with zero attached hydrogens (tertiary/aromatic N) is 3. The van der Waals surface area contributed by atoms with Crippen molar-refractivity contribution < 1.29 is 9.59 Å². The third-order valence-corrected chi connectivity index (χ3v) is 7.07. The maximum atomic E-state index is 13.7. The zero-order valence-corrected chi connectivity index (χ0v) is 21.6. The summed E-state index contributed by atoms with van der Waals surface area (Å²) in [4.78, 5) is 35.2. The topological polar surface area (TPSA) is 65.5 Å². The summed E-state index contributed by atoms with van der Waals surface area (Å²) in [5.74, 6) is -0.0216. The number of anilines is 1. The van der Waals surface area contributed by atoms with Gasteiger partial charge in [0.05, 0.1) is 23.3 Å². The molecule has 0 atom stereocenters. The number of fused-ring (bicyclic) bond motifs is 1. The Labute approximate surface area is 217 Å². The molecular weight excluding hydrogens is 460 g/mol. The number of piperazine rings is 1. The van der Waals surface area contributed by atoms with Crippen LogP contribution < -0.4 is 5.32 Å². The highest BCUT2D eigenvalue weighted by molar-refractivity contribution is 6.07. The largest absolute Gasteiger partial charge is 0.336 e. The van der Waals surface area contributed by atoms with Crippen molar-refractivity contribution in [1.29, 1.82) is 0 Å². The quantitative estimate of drug-likeness (QED) is 0.415. The first kappa shape index (κ1) is 24.7. The number of carbonyl (C=O) groups is 2. The maximum Gasteiger partial charge on any atom is 0.254 e. The van der Waals surface area contributed by atoms with Gasteiger partial charge >= 0.3 is 0 Å². The molecule has 1 aliphatic rings. The first-order valence-electron chi connectivity index (χ1n) is 12.7. The summed E-state index contributed by atoms with van der Waals surface area (Å²) < 4.78 is 0. The summed E-state index contributed by atoms with van der Waals surface area (Å²) >= 11 is 0. The van der Waals surface area contributed by atoms with Crippen LogP contribution in [0.4, 0.5) is 5.69 Å². The van der Waals surface area contributed by atoms with Crippen LogP contribution in [0.15, 0.2) is 72.8 Å². The third kappa shape index (κ3) is 5.39. The van der Waals surface area contributed by atoms with Crippen LogP contribution in [-0.2, 0) is 4.79 Å². The summed E-state index contributed by atoms with van der Waals surface area (Å²) in [6.45, 7) is 8.82. The molecule has 0 aliphatic carbocycles. The first-order valence-corrected chi connectivity index (χ1v) is 12.7. The molecule has 0 radical (unpaired) electrons. The Morgan fingerprint density at radius 3 is 2.22 bits per heavy atom. The van der Waals surface area contributed by atoms with E-state index in [1.165, 1.54) is 5.56 Å². The second kappa shape index (κ2) is 10.5. The van der Waals surface area contributed by atoms with E-state index in [1.807, 2.05) is 79.4 Å². The van der Waals surface area contributed by atoms with Crippen molar-refractivity contribution in [2.45, 2.75) is 20.8 Å². The molecule has 1 N–H and O–H groups in total. The van der Waals surface area contributed by atoms with Gasteiger partial charge in [-0.25, -0.2) is 4.98 Å². The monoisotopic (exact) mass is 492 g/mol. The van der Waals surface area contributed by atoms with Gasteiger partial charge in [0.2, 0.25) is 5.91 Å². The lowest BCUT2D eigenvalue weighted by Gasteiger charge is -2.34. The molecule has 0 unspecified atom stereocenters. The van der Waals surface area contributed by atoms with Gasteiger partial charge in [-0.05, 0) is 44.0 Å². The third-order valence-electron chi connectivity index (χ3n) is 7.07. The molecule has 6 heteroatoms. The molecule has 1 aromatic heterocycles. The number of rotatable bonds is 5. The van der Waals surface area contributed by atoms with E-state index in [9.17, 15) is 9.59 Å². The number of pyridine rings is 1. The molecule has 188 valence electrons. The summed E-state index contributed by atoms with van der Waals surface area (Å²) in [6.07, 6.45) is 0. The van der Waals surface area contributed by atoms with E-state index in [0.29, 0.717) is 38.3 Å². The van der Waals surface area contributed by atoms with Crippen LogP contribution in [-0.4, -0.2) is 59.3 Å². The van der Waals surface area contributed by atoms with Gasteiger partial charge < -0.3 is 10.2 Å². The normalized spacial score (nSPS) is 14.1. The average molecular weight is 493 g/mol. The second-order valence-electron chi connectivity index (χ2n) is 9.82. The predicted molar refractivity (Wildman–Crippen MR) is 149 cm³/mol. The lowest BCUT2D eigenvalue weighted by molar-refractivity contribution is -0.117. The van der Waals surface area contributed by atoms with Gasteiger partial charge in [-0.3, -0.25) is 14.5 Å². The van der Waals surface area contributed by atoms with Crippen LogP contribution in [0.1, 0.15) is 27.0 Å². The summed E-state index contributed by atoms with van der Waals surface area (Å²) in [6, 6.07) is 23.9. The highest BCUT2D eigenvalue weighted by Gasteiger charge is 2.25. The van der Waals surface area contributed by atoms with Crippen LogP contribution in [0.5, 0.6) is 0 Å². The fourth-order valence-corrected chi connectivity index (χ4v) is 4.90. The molecule has 5 rings (SSSR count). The Hall–Kier alpha value is -4.03. The van der Waals surface area contributed by atoms with E-state index in [-0.39, 0.29) is 11.8 Å². The van der Waals surface area contributed by atoms with Gasteiger partial charge in [-0.15, -0.1) is 0 Å². The van der Waals surface area contributed by atoms with Crippen LogP contribution in [0.3, 0.4) is 0 Å². The molecule has 1 saturated heterocycles. The van der Waals surface area contributed by atoms with E-state index in [2.05, 4.69) is 29.3 Å². The van der Waals surface area contributed by atoms with E-state index >= 15 is 0 Å². The van der Waals surface area contributed by atoms with Crippen molar-refractivity contribution in [3.8, 4) is 11.3 Å². The van der Waals surface area contributed by atoms with Crippen molar-refractivity contribution >= 4 is 28.4 Å². The van der Waals surface area contributed by atoms with Crippen molar-refractivity contribution in [3.05, 3.63) is 95.1 Å². The molecule has 0 saturated carbocycles. The number of benzene rings is 3. The minimum absolute atomic E-state index is 0.00611. The first-order chi connectivity index (χ1) is 17.9. The molecule has 6 nitrogen and oxygen atoms in total. The van der Waals surface area contributed by atoms with E-state index < -0.39 is 0 Å². The minimum atomic E-state index is -0.0277.